The number of aromatic amines is 1. The molecular formula is C17H20BrN3O2. The zero-order valence-corrected chi connectivity index (χ0v) is 15.1. The molecule has 0 fully saturated rings. The Kier molecular flexibility index (Phi) is 4.19. The molecule has 23 heavy (non-hydrogen) atoms. The first kappa shape index (κ1) is 16.1. The van der Waals surface area contributed by atoms with Gasteiger partial charge in [0.2, 0.25) is 0 Å². The Morgan fingerprint density at radius 1 is 1.35 bits per heavy atom. The molecule has 1 amide bonds. The predicted molar refractivity (Wildman–Crippen MR) is 92.1 cm³/mol. The Balaban J connectivity index is 1.80. The maximum absolute atomic E-state index is 12.2. The number of aromatic nitrogens is 2. The third-order valence-corrected chi connectivity index (χ3v) is 4.30. The van der Waals surface area contributed by atoms with Crippen molar-refractivity contribution >= 4 is 22.0 Å². The molecule has 0 unspecified atom stereocenters. The van der Waals surface area contributed by atoms with Gasteiger partial charge in [-0.2, -0.15) is 0 Å². The number of hydrogen-bond donors (Lipinski definition) is 1. The molecule has 0 radical (unpaired) electrons. The van der Waals surface area contributed by atoms with Crippen LogP contribution < -0.4 is 0 Å². The van der Waals surface area contributed by atoms with Crippen LogP contribution in [-0.2, 0) is 17.7 Å². The summed E-state index contributed by atoms with van der Waals surface area (Å²) in [4.78, 5) is 22.0. The molecule has 2 aromatic rings. The van der Waals surface area contributed by atoms with Crippen molar-refractivity contribution in [1.82, 2.24) is 14.9 Å². The number of hydrogen-bond acceptors (Lipinski definition) is 3. The van der Waals surface area contributed by atoms with E-state index in [1.54, 1.807) is 4.90 Å². The van der Waals surface area contributed by atoms with Gasteiger partial charge in [-0.1, -0.05) is 34.1 Å². The summed E-state index contributed by atoms with van der Waals surface area (Å²) in [6.45, 7) is 6.76. The highest BCUT2D eigenvalue weighted by atomic mass is 79.9. The summed E-state index contributed by atoms with van der Waals surface area (Å²) in [5.41, 5.74) is 2.54. The van der Waals surface area contributed by atoms with Crippen molar-refractivity contribution in [2.45, 2.75) is 39.3 Å². The summed E-state index contributed by atoms with van der Waals surface area (Å²) in [6.07, 6.45) is 0.454. The van der Waals surface area contributed by atoms with E-state index in [4.69, 9.17) is 4.74 Å². The second-order valence-corrected chi connectivity index (χ2v) is 7.50. The van der Waals surface area contributed by atoms with E-state index in [1.165, 1.54) is 0 Å². The highest BCUT2D eigenvalue weighted by molar-refractivity contribution is 9.10. The number of imidazole rings is 1. The monoisotopic (exact) mass is 377 g/mol. The molecule has 5 nitrogen and oxygen atoms in total. The highest BCUT2D eigenvalue weighted by Gasteiger charge is 2.27. The van der Waals surface area contributed by atoms with Gasteiger partial charge in [-0.05, 0) is 26.8 Å². The van der Waals surface area contributed by atoms with E-state index >= 15 is 0 Å². The molecule has 0 atom stereocenters. The second-order valence-electron chi connectivity index (χ2n) is 6.64. The van der Waals surface area contributed by atoms with E-state index in [1.807, 2.05) is 45.0 Å². The number of halogens is 1. The van der Waals surface area contributed by atoms with Gasteiger partial charge in [0.1, 0.15) is 11.4 Å². The molecule has 0 saturated carbocycles. The Bertz CT molecular complexity index is 734. The maximum Gasteiger partial charge on any atom is 0.410 e. The van der Waals surface area contributed by atoms with E-state index in [2.05, 4.69) is 25.9 Å². The van der Waals surface area contributed by atoms with Gasteiger partial charge in [-0.25, -0.2) is 9.78 Å². The molecule has 3 rings (SSSR count). The molecule has 6 heteroatoms. The van der Waals surface area contributed by atoms with Crippen molar-refractivity contribution in [2.75, 3.05) is 6.54 Å². The summed E-state index contributed by atoms with van der Waals surface area (Å²) in [5.74, 6) is 0.827. The van der Waals surface area contributed by atoms with Crippen LogP contribution in [0.1, 0.15) is 32.2 Å². The lowest BCUT2D eigenvalue weighted by Crippen LogP contribution is -2.39. The molecular weight excluding hydrogens is 358 g/mol. The number of amides is 1. The average molecular weight is 378 g/mol. The third kappa shape index (κ3) is 3.58. The number of benzene rings is 1. The number of nitrogens with zero attached hydrogens (tertiary/aromatic N) is 2. The SMILES string of the molecule is CC(C)(C)OC(=O)N1CCc2nc(-c3ccccc3Br)[nH]c2C1. The van der Waals surface area contributed by atoms with Crippen LogP contribution in [-0.4, -0.2) is 33.1 Å². The number of nitrogens with one attached hydrogen (secondary N) is 1. The predicted octanol–water partition coefficient (Wildman–Crippen LogP) is 4.13. The minimum Gasteiger partial charge on any atom is -0.444 e. The summed E-state index contributed by atoms with van der Waals surface area (Å²) in [5, 5.41) is 0. The molecule has 122 valence electrons. The lowest BCUT2D eigenvalue weighted by Gasteiger charge is -2.29. The van der Waals surface area contributed by atoms with Crippen molar-refractivity contribution in [3.8, 4) is 11.4 Å². The van der Waals surface area contributed by atoms with Crippen LogP contribution in [0.3, 0.4) is 0 Å². The molecule has 0 saturated heterocycles. The quantitative estimate of drug-likeness (QED) is 0.812. The van der Waals surface area contributed by atoms with E-state index in [0.717, 1.165) is 33.7 Å². The maximum atomic E-state index is 12.2. The molecule has 1 aliphatic rings. The number of carbonyl (C=O) groups excluding carboxylic acids is 1. The van der Waals surface area contributed by atoms with E-state index in [-0.39, 0.29) is 6.09 Å². The van der Waals surface area contributed by atoms with Crippen LogP contribution in [0.25, 0.3) is 11.4 Å². The number of fused-ring (bicyclic) bond motifs is 1. The highest BCUT2D eigenvalue weighted by Crippen LogP contribution is 2.28. The molecule has 2 heterocycles. The van der Waals surface area contributed by atoms with Crippen LogP contribution in [0.5, 0.6) is 0 Å². The van der Waals surface area contributed by atoms with Gasteiger partial charge in [-0.15, -0.1) is 0 Å². The smallest absolute Gasteiger partial charge is 0.410 e. The van der Waals surface area contributed by atoms with E-state index in [0.29, 0.717) is 13.1 Å². The van der Waals surface area contributed by atoms with Crippen molar-refractivity contribution < 1.29 is 9.53 Å². The standard InChI is InChI=1S/C17H20BrN3O2/c1-17(2,3)23-16(22)21-9-8-13-14(10-21)20-15(19-13)11-6-4-5-7-12(11)18/h4-7H,8-10H2,1-3H3,(H,19,20). The minimum absolute atomic E-state index is 0.278. The van der Waals surface area contributed by atoms with Gasteiger partial charge < -0.3 is 14.6 Å². The fraction of sp³-hybridized carbons (Fsp3) is 0.412. The normalized spacial score (nSPS) is 14.5. The zero-order valence-electron chi connectivity index (χ0n) is 13.5. The van der Waals surface area contributed by atoms with Gasteiger partial charge >= 0.3 is 6.09 Å². The lowest BCUT2D eigenvalue weighted by molar-refractivity contribution is 0.0221. The second kappa shape index (κ2) is 6.00. The minimum atomic E-state index is -0.481. The van der Waals surface area contributed by atoms with Gasteiger partial charge in [0.05, 0.1) is 17.9 Å². The number of ether oxygens (including phenoxy) is 1. The van der Waals surface area contributed by atoms with E-state index < -0.39 is 5.60 Å². The summed E-state index contributed by atoms with van der Waals surface area (Å²) < 4.78 is 6.44. The first-order valence-electron chi connectivity index (χ1n) is 7.64. The Morgan fingerprint density at radius 2 is 2.09 bits per heavy atom. The summed E-state index contributed by atoms with van der Waals surface area (Å²) >= 11 is 3.55. The lowest BCUT2D eigenvalue weighted by atomic mass is 10.1. The summed E-state index contributed by atoms with van der Waals surface area (Å²) in [7, 11) is 0. The van der Waals surface area contributed by atoms with Crippen molar-refractivity contribution in [2.24, 2.45) is 0 Å². The molecule has 0 aliphatic carbocycles. The van der Waals surface area contributed by atoms with Crippen LogP contribution in [0.2, 0.25) is 0 Å². The average Bonchev–Trinajstić information content (AvgIpc) is 2.88. The van der Waals surface area contributed by atoms with Crippen LogP contribution in [0, 0.1) is 0 Å². The Labute approximate surface area is 144 Å². The van der Waals surface area contributed by atoms with Crippen LogP contribution >= 0.6 is 15.9 Å². The topological polar surface area (TPSA) is 58.2 Å². The Morgan fingerprint density at radius 3 is 2.78 bits per heavy atom. The van der Waals surface area contributed by atoms with Gasteiger partial charge in [0.15, 0.2) is 0 Å². The Hall–Kier alpha value is -1.82. The third-order valence-electron chi connectivity index (χ3n) is 3.61. The van der Waals surface area contributed by atoms with Crippen LogP contribution in [0.4, 0.5) is 4.79 Å². The molecule has 1 aliphatic heterocycles. The molecule has 1 aromatic carbocycles. The van der Waals surface area contributed by atoms with Crippen LogP contribution in [0.15, 0.2) is 28.7 Å². The largest absolute Gasteiger partial charge is 0.444 e. The first-order chi connectivity index (χ1) is 10.8. The number of carbonyl (C=O) groups is 1. The molecule has 1 aromatic heterocycles. The fourth-order valence-corrected chi connectivity index (χ4v) is 3.03. The fourth-order valence-electron chi connectivity index (χ4n) is 2.56. The van der Waals surface area contributed by atoms with E-state index in [9.17, 15) is 4.79 Å². The van der Waals surface area contributed by atoms with Gasteiger partial charge in [0.25, 0.3) is 0 Å². The molecule has 0 bridgehead atoms. The number of rotatable bonds is 1. The number of H-pyrrole nitrogens is 1. The van der Waals surface area contributed by atoms with Crippen molar-refractivity contribution in [3.05, 3.63) is 40.1 Å². The van der Waals surface area contributed by atoms with Crippen molar-refractivity contribution in [3.63, 3.8) is 0 Å². The van der Waals surface area contributed by atoms with Gasteiger partial charge in [-0.3, -0.25) is 0 Å². The first-order valence-corrected chi connectivity index (χ1v) is 8.43. The molecule has 1 N–H and O–H groups in total. The van der Waals surface area contributed by atoms with Crippen molar-refractivity contribution in [1.29, 1.82) is 0 Å². The molecule has 0 spiro atoms. The van der Waals surface area contributed by atoms with Gasteiger partial charge in [0, 0.05) is 23.0 Å². The summed E-state index contributed by atoms with van der Waals surface area (Å²) in [6, 6.07) is 7.96. The zero-order chi connectivity index (χ0) is 16.6.